The number of pyridine rings is 1. The van der Waals surface area contributed by atoms with E-state index in [-0.39, 0.29) is 11.4 Å². The average Bonchev–Trinajstić information content (AvgIpc) is 2.56. The van der Waals surface area contributed by atoms with Crippen molar-refractivity contribution in [2.45, 2.75) is 17.9 Å². The summed E-state index contributed by atoms with van der Waals surface area (Å²) in [6, 6.07) is 3.15. The van der Waals surface area contributed by atoms with Crippen molar-refractivity contribution in [3.05, 3.63) is 48.3 Å². The van der Waals surface area contributed by atoms with Crippen molar-refractivity contribution in [2.24, 2.45) is 0 Å². The Bertz CT molecular complexity index is 734. The number of morpholine rings is 1. The Hall–Kier alpha value is -1.90. The van der Waals surface area contributed by atoms with E-state index in [1.54, 1.807) is 30.7 Å². The van der Waals surface area contributed by atoms with Crippen LogP contribution >= 0.6 is 0 Å². The Labute approximate surface area is 129 Å². The van der Waals surface area contributed by atoms with Crippen LogP contribution in [0.15, 0.2) is 41.8 Å². The highest BCUT2D eigenvalue weighted by Crippen LogP contribution is 2.24. The molecule has 0 saturated carbocycles. The number of hydrogen-bond acceptors (Lipinski definition) is 6. The van der Waals surface area contributed by atoms with Gasteiger partial charge in [-0.2, -0.15) is 4.31 Å². The highest BCUT2D eigenvalue weighted by atomic mass is 32.2. The molecule has 0 spiro atoms. The molecule has 0 aliphatic carbocycles. The number of sulfonamides is 1. The molecule has 1 unspecified atom stereocenters. The van der Waals surface area contributed by atoms with Crippen LogP contribution in [0.3, 0.4) is 0 Å². The van der Waals surface area contributed by atoms with Crippen LogP contribution in [0.1, 0.15) is 17.5 Å². The van der Waals surface area contributed by atoms with E-state index in [0.717, 1.165) is 5.69 Å². The normalized spacial score (nSPS) is 20.0. The number of ether oxygens (including phenoxy) is 1. The van der Waals surface area contributed by atoms with Crippen molar-refractivity contribution in [1.29, 1.82) is 0 Å². The topological polar surface area (TPSA) is 85.3 Å². The molecule has 1 saturated heterocycles. The predicted molar refractivity (Wildman–Crippen MR) is 78.5 cm³/mol. The van der Waals surface area contributed by atoms with Crippen LogP contribution in [0.25, 0.3) is 0 Å². The Kier molecular flexibility index (Phi) is 4.14. The summed E-state index contributed by atoms with van der Waals surface area (Å²) in [6.45, 7) is 2.69. The van der Waals surface area contributed by atoms with E-state index in [0.29, 0.717) is 18.8 Å². The summed E-state index contributed by atoms with van der Waals surface area (Å²) >= 11 is 0. The first-order valence-corrected chi connectivity index (χ1v) is 8.32. The maximum Gasteiger partial charge on any atom is 0.244 e. The van der Waals surface area contributed by atoms with E-state index in [1.807, 2.05) is 6.92 Å². The van der Waals surface area contributed by atoms with Gasteiger partial charge >= 0.3 is 0 Å². The first-order valence-electron chi connectivity index (χ1n) is 6.88. The Morgan fingerprint density at radius 1 is 1.27 bits per heavy atom. The zero-order valence-corrected chi connectivity index (χ0v) is 12.9. The zero-order valence-electron chi connectivity index (χ0n) is 12.1. The van der Waals surface area contributed by atoms with Crippen molar-refractivity contribution in [1.82, 2.24) is 19.3 Å². The number of aromatic nitrogens is 3. The molecule has 1 atom stereocenters. The van der Waals surface area contributed by atoms with E-state index in [9.17, 15) is 8.42 Å². The smallest absolute Gasteiger partial charge is 0.244 e. The molecule has 2 aromatic heterocycles. The molecule has 0 radical (unpaired) electrons. The lowest BCUT2D eigenvalue weighted by molar-refractivity contribution is -0.00516. The van der Waals surface area contributed by atoms with Crippen molar-refractivity contribution in [3.63, 3.8) is 0 Å². The number of aryl methyl sites for hydroxylation is 1. The van der Waals surface area contributed by atoms with E-state index in [2.05, 4.69) is 15.0 Å². The monoisotopic (exact) mass is 320 g/mol. The first-order chi connectivity index (χ1) is 10.6. The van der Waals surface area contributed by atoms with Gasteiger partial charge in [-0.05, 0) is 19.1 Å². The van der Waals surface area contributed by atoms with Gasteiger partial charge in [0.25, 0.3) is 0 Å². The van der Waals surface area contributed by atoms with Gasteiger partial charge in [0.05, 0.1) is 24.2 Å². The zero-order chi connectivity index (χ0) is 15.6. The minimum Gasteiger partial charge on any atom is -0.369 e. The third-order valence-electron chi connectivity index (χ3n) is 3.43. The molecule has 0 amide bonds. The molecule has 8 heteroatoms. The lowest BCUT2D eigenvalue weighted by Crippen LogP contribution is -2.42. The molecule has 0 N–H and O–H groups in total. The molecule has 1 aliphatic rings. The number of rotatable bonds is 3. The molecule has 0 bridgehead atoms. The first kappa shape index (κ1) is 15.0. The van der Waals surface area contributed by atoms with Crippen molar-refractivity contribution < 1.29 is 13.2 Å². The molecule has 0 aromatic carbocycles. The van der Waals surface area contributed by atoms with Crippen LogP contribution in [0.5, 0.6) is 0 Å². The second kappa shape index (κ2) is 6.07. The van der Waals surface area contributed by atoms with E-state index in [1.165, 1.54) is 10.5 Å². The largest absolute Gasteiger partial charge is 0.369 e. The molecule has 3 heterocycles. The highest BCUT2D eigenvalue weighted by Gasteiger charge is 2.32. The molecular formula is C14H16N4O3S. The van der Waals surface area contributed by atoms with Gasteiger partial charge in [-0.15, -0.1) is 0 Å². The van der Waals surface area contributed by atoms with Gasteiger partial charge in [0.15, 0.2) is 0 Å². The molecule has 1 fully saturated rings. The minimum atomic E-state index is -3.57. The Morgan fingerprint density at radius 2 is 2.14 bits per heavy atom. The standard InChI is InChI=1S/C14H16N4O3S/c1-11-7-17-13(9-16-11)14-10-18(5-6-21-14)22(19,20)12-3-2-4-15-8-12/h2-4,7-9,14H,5-6,10H2,1H3. The molecular weight excluding hydrogens is 304 g/mol. The fraction of sp³-hybridized carbons (Fsp3) is 0.357. The third-order valence-corrected chi connectivity index (χ3v) is 5.28. The third kappa shape index (κ3) is 2.99. The van der Waals surface area contributed by atoms with Gasteiger partial charge in [0, 0.05) is 31.7 Å². The van der Waals surface area contributed by atoms with Crippen LogP contribution in [-0.2, 0) is 14.8 Å². The molecule has 3 rings (SSSR count). The maximum atomic E-state index is 12.6. The molecule has 7 nitrogen and oxygen atoms in total. The fourth-order valence-corrected chi connectivity index (χ4v) is 3.63. The van der Waals surface area contributed by atoms with Gasteiger partial charge in [0.2, 0.25) is 10.0 Å². The van der Waals surface area contributed by atoms with Gasteiger partial charge < -0.3 is 4.74 Å². The summed E-state index contributed by atoms with van der Waals surface area (Å²) in [4.78, 5) is 12.5. The summed E-state index contributed by atoms with van der Waals surface area (Å²) in [5, 5.41) is 0. The maximum absolute atomic E-state index is 12.6. The average molecular weight is 320 g/mol. The fourth-order valence-electron chi connectivity index (χ4n) is 2.24. The van der Waals surface area contributed by atoms with Gasteiger partial charge in [-0.1, -0.05) is 0 Å². The summed E-state index contributed by atoms with van der Waals surface area (Å²) in [5.74, 6) is 0. The van der Waals surface area contributed by atoms with Crippen LogP contribution < -0.4 is 0 Å². The lowest BCUT2D eigenvalue weighted by atomic mass is 10.2. The van der Waals surface area contributed by atoms with Crippen LogP contribution in [0.4, 0.5) is 0 Å². The molecule has 2 aromatic rings. The predicted octanol–water partition coefficient (Wildman–Crippen LogP) is 0.942. The van der Waals surface area contributed by atoms with Crippen molar-refractivity contribution >= 4 is 10.0 Å². The minimum absolute atomic E-state index is 0.186. The van der Waals surface area contributed by atoms with E-state index < -0.39 is 16.1 Å². The second-order valence-electron chi connectivity index (χ2n) is 4.99. The quantitative estimate of drug-likeness (QED) is 0.837. The number of nitrogens with zero attached hydrogens (tertiary/aromatic N) is 4. The van der Waals surface area contributed by atoms with Crippen molar-refractivity contribution in [2.75, 3.05) is 19.7 Å². The van der Waals surface area contributed by atoms with Crippen molar-refractivity contribution in [3.8, 4) is 0 Å². The Morgan fingerprint density at radius 3 is 2.82 bits per heavy atom. The van der Waals surface area contributed by atoms with Gasteiger partial charge in [-0.25, -0.2) is 8.42 Å². The molecule has 1 aliphatic heterocycles. The summed E-state index contributed by atoms with van der Waals surface area (Å²) in [7, 11) is -3.57. The molecule has 22 heavy (non-hydrogen) atoms. The van der Waals surface area contributed by atoms with E-state index in [4.69, 9.17) is 4.74 Å². The van der Waals surface area contributed by atoms with Gasteiger partial charge in [-0.3, -0.25) is 15.0 Å². The molecule has 116 valence electrons. The SMILES string of the molecule is Cc1cnc(C2CN(S(=O)(=O)c3cccnc3)CCO2)cn1. The van der Waals surface area contributed by atoms with Crippen LogP contribution in [-0.4, -0.2) is 47.4 Å². The van der Waals surface area contributed by atoms with E-state index >= 15 is 0 Å². The lowest BCUT2D eigenvalue weighted by Gasteiger charge is -2.31. The number of hydrogen-bond donors (Lipinski definition) is 0. The summed E-state index contributed by atoms with van der Waals surface area (Å²) < 4.78 is 32.3. The highest BCUT2D eigenvalue weighted by molar-refractivity contribution is 7.89. The van der Waals surface area contributed by atoms with Crippen LogP contribution in [0.2, 0.25) is 0 Å². The van der Waals surface area contributed by atoms with Gasteiger partial charge in [0.1, 0.15) is 11.0 Å². The summed E-state index contributed by atoms with van der Waals surface area (Å²) in [6.07, 6.45) is 5.76. The second-order valence-corrected chi connectivity index (χ2v) is 6.93. The van der Waals surface area contributed by atoms with Crippen LogP contribution in [0, 0.1) is 6.92 Å². The Balaban J connectivity index is 1.82. The summed E-state index contributed by atoms with van der Waals surface area (Å²) in [5.41, 5.74) is 1.44.